The summed E-state index contributed by atoms with van der Waals surface area (Å²) >= 11 is 0. The van der Waals surface area contributed by atoms with Crippen LogP contribution in [0.2, 0.25) is 0 Å². The van der Waals surface area contributed by atoms with Gasteiger partial charge in [-0.05, 0) is 24.6 Å². The first-order chi connectivity index (χ1) is 9.69. The molecule has 1 unspecified atom stereocenters. The molecule has 0 spiro atoms. The van der Waals surface area contributed by atoms with E-state index in [1.54, 1.807) is 7.11 Å². The third-order valence-corrected chi connectivity index (χ3v) is 3.30. The third-order valence-electron chi connectivity index (χ3n) is 3.30. The lowest BCUT2D eigenvalue weighted by Gasteiger charge is -2.26. The van der Waals surface area contributed by atoms with Gasteiger partial charge in [-0.25, -0.2) is 4.79 Å². The lowest BCUT2D eigenvalue weighted by atomic mass is 10.1. The zero-order valence-corrected chi connectivity index (χ0v) is 11.9. The molecule has 108 valence electrons. The van der Waals surface area contributed by atoms with Crippen LogP contribution < -0.4 is 10.1 Å². The van der Waals surface area contributed by atoms with Gasteiger partial charge in [0.05, 0.1) is 26.8 Å². The van der Waals surface area contributed by atoms with Crippen LogP contribution in [0.1, 0.15) is 18.5 Å². The van der Waals surface area contributed by atoms with Crippen molar-refractivity contribution in [3.05, 3.63) is 29.8 Å². The topological polar surface area (TPSA) is 63.2 Å². The fourth-order valence-electron chi connectivity index (χ4n) is 2.25. The van der Waals surface area contributed by atoms with Crippen LogP contribution in [0, 0.1) is 0 Å². The Labute approximate surface area is 118 Å². The molecule has 0 saturated heterocycles. The van der Waals surface area contributed by atoms with Crippen LogP contribution in [0.4, 0.5) is 4.79 Å². The summed E-state index contributed by atoms with van der Waals surface area (Å²) < 4.78 is 9.76. The summed E-state index contributed by atoms with van der Waals surface area (Å²) in [5.74, 6) is 1.38. The van der Waals surface area contributed by atoms with E-state index in [2.05, 4.69) is 15.0 Å². The number of carbonyl (C=O) groups is 1. The third kappa shape index (κ3) is 2.84. The van der Waals surface area contributed by atoms with Gasteiger partial charge in [0, 0.05) is 6.54 Å². The lowest BCUT2D eigenvalue weighted by Crippen LogP contribution is -2.42. The number of likely N-dealkylation sites (N-methyl/N-ethyl adjacent to an activating group) is 1. The molecule has 1 heterocycles. The van der Waals surface area contributed by atoms with Crippen molar-refractivity contribution in [1.29, 1.82) is 0 Å². The molecule has 0 aromatic heterocycles. The van der Waals surface area contributed by atoms with Crippen molar-refractivity contribution >= 4 is 12.1 Å². The quantitative estimate of drug-likeness (QED) is 0.914. The summed E-state index contributed by atoms with van der Waals surface area (Å²) in [7, 11) is 2.98. The SMILES string of the molecule is CCN1C(NC(=O)OC)=NCC1c1ccc(OC)cc1. The van der Waals surface area contributed by atoms with E-state index in [1.165, 1.54) is 7.11 Å². The molecule has 1 aromatic carbocycles. The Kier molecular flexibility index (Phi) is 4.45. The predicted octanol–water partition coefficient (Wildman–Crippen LogP) is 1.78. The highest BCUT2D eigenvalue weighted by Gasteiger charge is 2.28. The molecule has 6 heteroatoms. The molecule has 1 aliphatic heterocycles. The average molecular weight is 277 g/mol. The largest absolute Gasteiger partial charge is 0.497 e. The Morgan fingerprint density at radius 2 is 2.10 bits per heavy atom. The van der Waals surface area contributed by atoms with Crippen LogP contribution in [0.3, 0.4) is 0 Å². The van der Waals surface area contributed by atoms with E-state index in [0.717, 1.165) is 17.9 Å². The van der Waals surface area contributed by atoms with E-state index >= 15 is 0 Å². The monoisotopic (exact) mass is 277 g/mol. The van der Waals surface area contributed by atoms with E-state index in [4.69, 9.17) is 4.74 Å². The van der Waals surface area contributed by atoms with Gasteiger partial charge in [0.15, 0.2) is 0 Å². The molecule has 2 rings (SSSR count). The summed E-state index contributed by atoms with van der Waals surface area (Å²) in [4.78, 5) is 17.7. The molecule has 20 heavy (non-hydrogen) atoms. The predicted molar refractivity (Wildman–Crippen MR) is 76.0 cm³/mol. The van der Waals surface area contributed by atoms with Crippen molar-refractivity contribution in [2.75, 3.05) is 27.3 Å². The molecule has 1 aliphatic rings. The average Bonchev–Trinajstić information content (AvgIpc) is 2.89. The number of carbonyl (C=O) groups excluding carboxylic acids is 1. The Hall–Kier alpha value is -2.24. The van der Waals surface area contributed by atoms with Crippen LogP contribution in [0.15, 0.2) is 29.3 Å². The van der Waals surface area contributed by atoms with Crippen molar-refractivity contribution in [3.63, 3.8) is 0 Å². The number of aliphatic imine (C=N–C) groups is 1. The van der Waals surface area contributed by atoms with Crippen LogP contribution in [-0.2, 0) is 4.74 Å². The molecule has 1 amide bonds. The standard InChI is InChI=1S/C14H19N3O3/c1-4-17-12(9-15-13(17)16-14(18)20-3)10-5-7-11(19-2)8-6-10/h5-8,12H,4,9H2,1-3H3,(H,15,16,18). The minimum atomic E-state index is -0.502. The number of guanidine groups is 1. The van der Waals surface area contributed by atoms with Gasteiger partial charge in [0.25, 0.3) is 0 Å². The number of ether oxygens (including phenoxy) is 2. The van der Waals surface area contributed by atoms with E-state index < -0.39 is 6.09 Å². The minimum Gasteiger partial charge on any atom is -0.497 e. The second kappa shape index (κ2) is 6.27. The smallest absolute Gasteiger partial charge is 0.413 e. The second-order valence-electron chi connectivity index (χ2n) is 4.36. The summed E-state index contributed by atoms with van der Waals surface area (Å²) in [5.41, 5.74) is 1.14. The van der Waals surface area contributed by atoms with E-state index in [1.807, 2.05) is 36.1 Å². The first-order valence-electron chi connectivity index (χ1n) is 6.49. The van der Waals surface area contributed by atoms with Gasteiger partial charge in [-0.1, -0.05) is 12.1 Å². The maximum Gasteiger partial charge on any atom is 0.413 e. The number of hydrogen-bond acceptors (Lipinski definition) is 5. The van der Waals surface area contributed by atoms with Crippen molar-refractivity contribution in [3.8, 4) is 5.75 Å². The maximum atomic E-state index is 11.3. The van der Waals surface area contributed by atoms with Gasteiger partial charge >= 0.3 is 6.09 Å². The Morgan fingerprint density at radius 1 is 1.40 bits per heavy atom. The molecule has 0 bridgehead atoms. The Balaban J connectivity index is 2.12. The normalized spacial score (nSPS) is 17.6. The Bertz CT molecular complexity index is 499. The highest BCUT2D eigenvalue weighted by atomic mass is 16.5. The zero-order valence-electron chi connectivity index (χ0n) is 11.9. The number of hydrogen-bond donors (Lipinski definition) is 1. The van der Waals surface area contributed by atoms with E-state index in [-0.39, 0.29) is 6.04 Å². The van der Waals surface area contributed by atoms with Gasteiger partial charge < -0.3 is 14.4 Å². The van der Waals surface area contributed by atoms with Gasteiger partial charge in [-0.2, -0.15) is 0 Å². The van der Waals surface area contributed by atoms with Crippen LogP contribution in [0.5, 0.6) is 5.75 Å². The van der Waals surface area contributed by atoms with Crippen molar-refractivity contribution in [2.24, 2.45) is 4.99 Å². The summed E-state index contributed by atoms with van der Waals surface area (Å²) in [6.45, 7) is 3.38. The fourth-order valence-corrected chi connectivity index (χ4v) is 2.25. The molecule has 0 aliphatic carbocycles. The number of nitrogens with zero attached hydrogens (tertiary/aromatic N) is 2. The first kappa shape index (κ1) is 14.2. The molecular formula is C14H19N3O3. The Morgan fingerprint density at radius 3 is 2.65 bits per heavy atom. The molecule has 1 atom stereocenters. The fraction of sp³-hybridized carbons (Fsp3) is 0.429. The van der Waals surface area contributed by atoms with Gasteiger partial charge in [0.1, 0.15) is 5.75 Å². The number of amides is 1. The van der Waals surface area contributed by atoms with Gasteiger partial charge in [-0.3, -0.25) is 10.3 Å². The second-order valence-corrected chi connectivity index (χ2v) is 4.36. The van der Waals surface area contributed by atoms with Crippen LogP contribution in [-0.4, -0.2) is 44.3 Å². The summed E-state index contributed by atoms with van der Waals surface area (Å²) in [6, 6.07) is 8.01. The van der Waals surface area contributed by atoms with E-state index in [0.29, 0.717) is 12.5 Å². The highest BCUT2D eigenvalue weighted by Crippen LogP contribution is 2.27. The number of nitrogens with one attached hydrogen (secondary N) is 1. The maximum absolute atomic E-state index is 11.3. The molecular weight excluding hydrogens is 258 g/mol. The molecule has 0 fully saturated rings. The van der Waals surface area contributed by atoms with Crippen molar-refractivity contribution < 1.29 is 14.3 Å². The van der Waals surface area contributed by atoms with Gasteiger partial charge in [-0.15, -0.1) is 0 Å². The summed E-state index contributed by atoms with van der Waals surface area (Å²) in [6.07, 6.45) is -0.502. The molecule has 0 saturated carbocycles. The number of alkyl carbamates (subject to hydrolysis) is 1. The minimum absolute atomic E-state index is 0.123. The molecule has 6 nitrogen and oxygen atoms in total. The number of methoxy groups -OCH3 is 2. The molecule has 1 aromatic rings. The first-order valence-corrected chi connectivity index (χ1v) is 6.49. The van der Waals surface area contributed by atoms with Crippen molar-refractivity contribution in [1.82, 2.24) is 10.2 Å². The number of rotatable bonds is 3. The van der Waals surface area contributed by atoms with E-state index in [9.17, 15) is 4.79 Å². The molecule has 1 N–H and O–H groups in total. The van der Waals surface area contributed by atoms with Crippen LogP contribution in [0.25, 0.3) is 0 Å². The lowest BCUT2D eigenvalue weighted by molar-refractivity contribution is 0.175. The van der Waals surface area contributed by atoms with Crippen LogP contribution >= 0.6 is 0 Å². The van der Waals surface area contributed by atoms with Gasteiger partial charge in [0.2, 0.25) is 5.96 Å². The highest BCUT2D eigenvalue weighted by molar-refractivity contribution is 5.95. The zero-order chi connectivity index (χ0) is 14.5. The van der Waals surface area contributed by atoms with Crippen molar-refractivity contribution in [2.45, 2.75) is 13.0 Å². The number of benzene rings is 1. The molecule has 0 radical (unpaired) electrons. The summed E-state index contributed by atoms with van der Waals surface area (Å²) in [5, 5.41) is 2.64.